The van der Waals surface area contributed by atoms with Gasteiger partial charge >= 0.3 is 5.97 Å². The summed E-state index contributed by atoms with van der Waals surface area (Å²) < 4.78 is 5.50. The molecule has 0 radical (unpaired) electrons. The lowest BCUT2D eigenvalue weighted by molar-refractivity contribution is -0.139. The van der Waals surface area contributed by atoms with Crippen molar-refractivity contribution in [1.29, 1.82) is 0 Å². The molecule has 1 saturated heterocycles. The van der Waals surface area contributed by atoms with Gasteiger partial charge in [0.05, 0.1) is 18.6 Å². The number of ether oxygens (including phenoxy) is 1. The summed E-state index contributed by atoms with van der Waals surface area (Å²) >= 11 is 0. The summed E-state index contributed by atoms with van der Waals surface area (Å²) in [5.41, 5.74) is -0.522. The van der Waals surface area contributed by atoms with Crippen LogP contribution in [0.25, 0.3) is 0 Å². The Morgan fingerprint density at radius 1 is 1.44 bits per heavy atom. The molecule has 0 spiro atoms. The smallest absolute Gasteiger partial charge is 0.303 e. The van der Waals surface area contributed by atoms with E-state index < -0.39 is 11.4 Å². The van der Waals surface area contributed by atoms with Crippen LogP contribution in [0.15, 0.2) is 0 Å². The zero-order chi connectivity index (χ0) is 13.8. The number of carbonyl (C=O) groups is 2. The van der Waals surface area contributed by atoms with Crippen molar-refractivity contribution in [2.45, 2.75) is 58.6 Å². The van der Waals surface area contributed by atoms with E-state index in [9.17, 15) is 9.59 Å². The zero-order valence-corrected chi connectivity index (χ0v) is 11.4. The van der Waals surface area contributed by atoms with Crippen LogP contribution >= 0.6 is 0 Å². The fourth-order valence-electron chi connectivity index (χ4n) is 2.30. The number of aliphatic carboxylic acids is 1. The van der Waals surface area contributed by atoms with E-state index in [-0.39, 0.29) is 30.9 Å². The molecule has 1 heterocycles. The third-order valence-corrected chi connectivity index (χ3v) is 3.18. The first kappa shape index (κ1) is 15.0. The molecule has 2 atom stereocenters. The summed E-state index contributed by atoms with van der Waals surface area (Å²) in [5, 5.41) is 11.7. The molecule has 104 valence electrons. The van der Waals surface area contributed by atoms with Crippen LogP contribution in [0.1, 0.15) is 46.5 Å². The van der Waals surface area contributed by atoms with E-state index in [4.69, 9.17) is 9.84 Å². The van der Waals surface area contributed by atoms with Gasteiger partial charge in [-0.15, -0.1) is 0 Å². The fourth-order valence-corrected chi connectivity index (χ4v) is 2.30. The SMILES string of the molecule is CC(NC(=O)CC(C)(C)CC(=O)O)C1CCCO1. The van der Waals surface area contributed by atoms with Gasteiger partial charge in [0.25, 0.3) is 0 Å². The van der Waals surface area contributed by atoms with Crippen LogP contribution in [0.4, 0.5) is 0 Å². The van der Waals surface area contributed by atoms with Crippen LogP contribution in [0.2, 0.25) is 0 Å². The molecule has 0 aromatic rings. The van der Waals surface area contributed by atoms with E-state index in [1.165, 1.54) is 0 Å². The molecule has 1 amide bonds. The normalized spacial score (nSPS) is 21.6. The molecule has 18 heavy (non-hydrogen) atoms. The van der Waals surface area contributed by atoms with E-state index in [0.29, 0.717) is 0 Å². The highest BCUT2D eigenvalue weighted by Gasteiger charge is 2.28. The van der Waals surface area contributed by atoms with E-state index in [1.807, 2.05) is 6.92 Å². The Hall–Kier alpha value is -1.10. The van der Waals surface area contributed by atoms with Crippen molar-refractivity contribution >= 4 is 11.9 Å². The summed E-state index contributed by atoms with van der Waals surface area (Å²) in [6.07, 6.45) is 2.32. The van der Waals surface area contributed by atoms with Crippen LogP contribution in [0.5, 0.6) is 0 Å². The lowest BCUT2D eigenvalue weighted by Crippen LogP contribution is -2.42. The molecule has 1 fully saturated rings. The van der Waals surface area contributed by atoms with Gasteiger partial charge in [0.1, 0.15) is 0 Å². The molecule has 2 N–H and O–H groups in total. The van der Waals surface area contributed by atoms with E-state index >= 15 is 0 Å². The van der Waals surface area contributed by atoms with Gasteiger partial charge in [0, 0.05) is 13.0 Å². The van der Waals surface area contributed by atoms with Gasteiger partial charge in [-0.2, -0.15) is 0 Å². The molecule has 0 saturated carbocycles. The molecule has 2 unspecified atom stereocenters. The molecular weight excluding hydrogens is 234 g/mol. The largest absolute Gasteiger partial charge is 0.481 e. The number of carboxylic acids is 1. The Morgan fingerprint density at radius 2 is 2.11 bits per heavy atom. The Balaban J connectivity index is 2.38. The van der Waals surface area contributed by atoms with Crippen LogP contribution in [0, 0.1) is 5.41 Å². The van der Waals surface area contributed by atoms with Gasteiger partial charge in [-0.25, -0.2) is 0 Å². The number of amides is 1. The van der Waals surface area contributed by atoms with Gasteiger partial charge in [-0.05, 0) is 25.2 Å². The predicted molar refractivity (Wildman–Crippen MR) is 67.2 cm³/mol. The van der Waals surface area contributed by atoms with Gasteiger partial charge in [0.15, 0.2) is 0 Å². The highest BCUT2D eigenvalue weighted by Crippen LogP contribution is 2.25. The molecule has 0 aromatic heterocycles. The number of nitrogens with one attached hydrogen (secondary N) is 1. The predicted octanol–water partition coefficient (Wildman–Crippen LogP) is 1.56. The van der Waals surface area contributed by atoms with Crippen molar-refractivity contribution in [2.24, 2.45) is 5.41 Å². The molecule has 5 heteroatoms. The summed E-state index contributed by atoms with van der Waals surface area (Å²) in [7, 11) is 0. The Kier molecular flexibility index (Phi) is 5.14. The van der Waals surface area contributed by atoms with Crippen molar-refractivity contribution in [3.8, 4) is 0 Å². The minimum atomic E-state index is -0.875. The van der Waals surface area contributed by atoms with Crippen molar-refractivity contribution < 1.29 is 19.4 Å². The molecule has 0 aliphatic carbocycles. The maximum Gasteiger partial charge on any atom is 0.303 e. The minimum Gasteiger partial charge on any atom is -0.481 e. The molecular formula is C13H23NO4. The first-order chi connectivity index (χ1) is 8.30. The first-order valence-electron chi connectivity index (χ1n) is 6.43. The van der Waals surface area contributed by atoms with Crippen LogP contribution in [-0.2, 0) is 14.3 Å². The van der Waals surface area contributed by atoms with Crippen LogP contribution in [0.3, 0.4) is 0 Å². The number of hydrogen-bond donors (Lipinski definition) is 2. The molecule has 1 rings (SSSR count). The van der Waals surface area contributed by atoms with Crippen molar-refractivity contribution in [3.63, 3.8) is 0 Å². The average molecular weight is 257 g/mol. The maximum atomic E-state index is 11.8. The van der Waals surface area contributed by atoms with E-state index in [1.54, 1.807) is 13.8 Å². The summed E-state index contributed by atoms with van der Waals surface area (Å²) in [4.78, 5) is 22.5. The first-order valence-corrected chi connectivity index (χ1v) is 6.43. The molecule has 1 aliphatic heterocycles. The van der Waals surface area contributed by atoms with Gasteiger partial charge < -0.3 is 15.2 Å². The van der Waals surface area contributed by atoms with Crippen molar-refractivity contribution in [2.75, 3.05) is 6.61 Å². The van der Waals surface area contributed by atoms with E-state index in [2.05, 4.69) is 5.32 Å². The Bertz CT molecular complexity index is 308. The molecule has 0 aromatic carbocycles. The van der Waals surface area contributed by atoms with Gasteiger partial charge in [-0.3, -0.25) is 9.59 Å². The topological polar surface area (TPSA) is 75.6 Å². The zero-order valence-electron chi connectivity index (χ0n) is 11.4. The second-order valence-corrected chi connectivity index (χ2v) is 5.82. The average Bonchev–Trinajstić information content (AvgIpc) is 2.65. The molecule has 0 bridgehead atoms. The number of carbonyl (C=O) groups excluding carboxylic acids is 1. The standard InChI is InChI=1S/C13H23NO4/c1-9(10-5-4-6-18-10)14-11(15)7-13(2,3)8-12(16)17/h9-10H,4-8H2,1-3H3,(H,14,15)(H,16,17). The van der Waals surface area contributed by atoms with Crippen molar-refractivity contribution in [3.05, 3.63) is 0 Å². The number of carboxylic acid groups (broad SMARTS) is 1. The Labute approximate surface area is 108 Å². The summed E-state index contributed by atoms with van der Waals surface area (Å²) in [6, 6.07) is -0.0133. The quantitative estimate of drug-likeness (QED) is 0.757. The second kappa shape index (κ2) is 6.18. The van der Waals surface area contributed by atoms with Gasteiger partial charge in [-0.1, -0.05) is 13.8 Å². The van der Waals surface area contributed by atoms with E-state index in [0.717, 1.165) is 19.4 Å². The Morgan fingerprint density at radius 3 is 2.61 bits per heavy atom. The third kappa shape index (κ3) is 5.04. The monoisotopic (exact) mass is 257 g/mol. The molecule has 1 aliphatic rings. The molecule has 5 nitrogen and oxygen atoms in total. The van der Waals surface area contributed by atoms with Gasteiger partial charge in [0.2, 0.25) is 5.91 Å². The van der Waals surface area contributed by atoms with Crippen LogP contribution < -0.4 is 5.32 Å². The van der Waals surface area contributed by atoms with Crippen LogP contribution in [-0.4, -0.2) is 35.7 Å². The number of hydrogen-bond acceptors (Lipinski definition) is 3. The minimum absolute atomic E-state index is 0.00523. The lowest BCUT2D eigenvalue weighted by Gasteiger charge is -2.25. The van der Waals surface area contributed by atoms with Crippen molar-refractivity contribution in [1.82, 2.24) is 5.32 Å². The second-order valence-electron chi connectivity index (χ2n) is 5.82. The summed E-state index contributed by atoms with van der Waals surface area (Å²) in [5.74, 6) is -0.982. The highest BCUT2D eigenvalue weighted by molar-refractivity contribution is 5.78. The maximum absolute atomic E-state index is 11.8. The third-order valence-electron chi connectivity index (χ3n) is 3.18. The fraction of sp³-hybridized carbons (Fsp3) is 0.846. The summed E-state index contributed by atoms with van der Waals surface area (Å²) in [6.45, 7) is 6.27. The lowest BCUT2D eigenvalue weighted by atomic mass is 9.85. The number of rotatable bonds is 6. The highest BCUT2D eigenvalue weighted by atomic mass is 16.5.